The van der Waals surface area contributed by atoms with Crippen molar-refractivity contribution in [1.29, 1.82) is 5.26 Å². The lowest BCUT2D eigenvalue weighted by molar-refractivity contribution is 0.828. The second-order valence-electron chi connectivity index (χ2n) is 1.39. The predicted molar refractivity (Wildman–Crippen MR) is 30.2 cm³/mol. The van der Waals surface area contributed by atoms with Gasteiger partial charge in [-0.15, -0.1) is 11.6 Å². The summed E-state index contributed by atoms with van der Waals surface area (Å²) < 4.78 is 0. The zero-order valence-electron chi connectivity index (χ0n) is 4.32. The second-order valence-corrected chi connectivity index (χ2v) is 1.91. The summed E-state index contributed by atoms with van der Waals surface area (Å²) in [6.07, 6.45) is 1.79. The van der Waals surface area contributed by atoms with Crippen molar-refractivity contribution in [3.63, 3.8) is 0 Å². The molecule has 0 aromatic carbocycles. The number of alkyl halides is 1. The van der Waals surface area contributed by atoms with Gasteiger partial charge in [0.2, 0.25) is 0 Å². The standard InChI is InChI=1S/C5H8ClN/c1-2-3-5(6)4-7/h5H,2-3H2,1H3. The summed E-state index contributed by atoms with van der Waals surface area (Å²) in [7, 11) is 0. The maximum Gasteiger partial charge on any atom is 0.120 e. The van der Waals surface area contributed by atoms with Crippen molar-refractivity contribution >= 4 is 11.6 Å². The summed E-state index contributed by atoms with van der Waals surface area (Å²) in [4.78, 5) is 0. The molecule has 0 aliphatic heterocycles. The van der Waals surface area contributed by atoms with Crippen LogP contribution in [0.15, 0.2) is 0 Å². The molecule has 0 saturated carbocycles. The van der Waals surface area contributed by atoms with Crippen molar-refractivity contribution in [1.82, 2.24) is 0 Å². The highest BCUT2D eigenvalue weighted by Crippen LogP contribution is 2.01. The molecular formula is C5H8ClN. The molecule has 40 valence electrons. The first-order valence-electron chi connectivity index (χ1n) is 2.35. The molecular weight excluding hydrogens is 110 g/mol. The van der Waals surface area contributed by atoms with E-state index in [1.165, 1.54) is 0 Å². The molecule has 0 aromatic heterocycles. The van der Waals surface area contributed by atoms with E-state index in [0.29, 0.717) is 0 Å². The molecule has 0 saturated heterocycles. The number of rotatable bonds is 2. The van der Waals surface area contributed by atoms with Crippen LogP contribution in [0.25, 0.3) is 0 Å². The Morgan fingerprint density at radius 1 is 1.86 bits per heavy atom. The summed E-state index contributed by atoms with van der Waals surface area (Å²) in [5, 5.41) is 7.81. The van der Waals surface area contributed by atoms with E-state index in [4.69, 9.17) is 16.9 Å². The Morgan fingerprint density at radius 3 is 2.57 bits per heavy atom. The van der Waals surface area contributed by atoms with Crippen molar-refractivity contribution in [3.8, 4) is 6.07 Å². The monoisotopic (exact) mass is 117 g/mol. The first kappa shape index (κ1) is 6.78. The van der Waals surface area contributed by atoms with E-state index in [0.717, 1.165) is 12.8 Å². The lowest BCUT2D eigenvalue weighted by Gasteiger charge is -1.90. The largest absolute Gasteiger partial charge is 0.197 e. The van der Waals surface area contributed by atoms with Crippen LogP contribution in [0.2, 0.25) is 0 Å². The van der Waals surface area contributed by atoms with Crippen LogP contribution in [-0.2, 0) is 0 Å². The van der Waals surface area contributed by atoms with Gasteiger partial charge in [-0.25, -0.2) is 0 Å². The van der Waals surface area contributed by atoms with Crippen LogP contribution in [0, 0.1) is 11.3 Å². The van der Waals surface area contributed by atoms with E-state index in [1.807, 2.05) is 13.0 Å². The van der Waals surface area contributed by atoms with Crippen LogP contribution in [0.3, 0.4) is 0 Å². The Bertz CT molecular complexity index is 74.6. The van der Waals surface area contributed by atoms with Gasteiger partial charge in [0.15, 0.2) is 0 Å². The van der Waals surface area contributed by atoms with Gasteiger partial charge in [-0.2, -0.15) is 5.26 Å². The minimum absolute atomic E-state index is 0.273. The molecule has 0 N–H and O–H groups in total. The first-order chi connectivity index (χ1) is 3.31. The zero-order chi connectivity index (χ0) is 5.70. The van der Waals surface area contributed by atoms with Crippen molar-refractivity contribution in [2.24, 2.45) is 0 Å². The highest BCUT2D eigenvalue weighted by Gasteiger charge is 1.95. The molecule has 7 heavy (non-hydrogen) atoms. The lowest BCUT2D eigenvalue weighted by atomic mass is 10.3. The Morgan fingerprint density at radius 2 is 2.43 bits per heavy atom. The maximum atomic E-state index is 8.08. The molecule has 0 fully saturated rings. The molecule has 1 atom stereocenters. The van der Waals surface area contributed by atoms with E-state index < -0.39 is 0 Å². The lowest BCUT2D eigenvalue weighted by Crippen LogP contribution is -1.89. The first-order valence-corrected chi connectivity index (χ1v) is 2.78. The molecule has 0 radical (unpaired) electrons. The van der Waals surface area contributed by atoms with E-state index in [9.17, 15) is 0 Å². The van der Waals surface area contributed by atoms with Crippen molar-refractivity contribution in [2.75, 3.05) is 0 Å². The van der Waals surface area contributed by atoms with Gasteiger partial charge in [0.05, 0.1) is 6.07 Å². The Balaban J connectivity index is 3.04. The van der Waals surface area contributed by atoms with Crippen LogP contribution >= 0.6 is 11.6 Å². The summed E-state index contributed by atoms with van der Waals surface area (Å²) in [6.45, 7) is 2.01. The molecule has 0 amide bonds. The van der Waals surface area contributed by atoms with Gasteiger partial charge in [0, 0.05) is 0 Å². The number of nitrogens with zero attached hydrogens (tertiary/aromatic N) is 1. The molecule has 0 aromatic rings. The molecule has 0 aliphatic rings. The van der Waals surface area contributed by atoms with Gasteiger partial charge >= 0.3 is 0 Å². The Labute approximate surface area is 48.9 Å². The van der Waals surface area contributed by atoms with E-state index >= 15 is 0 Å². The van der Waals surface area contributed by atoms with Gasteiger partial charge in [-0.3, -0.25) is 0 Å². The quantitative estimate of drug-likeness (QED) is 0.507. The minimum atomic E-state index is -0.273. The summed E-state index contributed by atoms with van der Waals surface area (Å²) in [5.41, 5.74) is 0. The predicted octanol–water partition coefficient (Wildman–Crippen LogP) is 1.92. The molecule has 0 rings (SSSR count). The minimum Gasteiger partial charge on any atom is -0.197 e. The fourth-order valence-electron chi connectivity index (χ4n) is 0.318. The SMILES string of the molecule is CCCC(Cl)C#N. The third-order valence-corrected chi connectivity index (χ3v) is 0.998. The molecule has 0 aliphatic carbocycles. The van der Waals surface area contributed by atoms with Crippen LogP contribution in [0.5, 0.6) is 0 Å². The molecule has 0 spiro atoms. The van der Waals surface area contributed by atoms with Gasteiger partial charge in [-0.1, -0.05) is 13.3 Å². The van der Waals surface area contributed by atoms with Crippen molar-refractivity contribution in [3.05, 3.63) is 0 Å². The summed E-state index contributed by atoms with van der Waals surface area (Å²) >= 11 is 5.40. The third-order valence-electron chi connectivity index (χ3n) is 0.682. The summed E-state index contributed by atoms with van der Waals surface area (Å²) in [6, 6.07) is 1.93. The third kappa shape index (κ3) is 3.61. The average molecular weight is 118 g/mol. The van der Waals surface area contributed by atoms with Gasteiger partial charge in [0.1, 0.15) is 5.38 Å². The highest BCUT2D eigenvalue weighted by molar-refractivity contribution is 6.22. The normalized spacial score (nSPS) is 12.7. The van der Waals surface area contributed by atoms with Gasteiger partial charge < -0.3 is 0 Å². The fourth-order valence-corrected chi connectivity index (χ4v) is 0.536. The molecule has 0 heterocycles. The highest BCUT2D eigenvalue weighted by atomic mass is 35.5. The van der Waals surface area contributed by atoms with Gasteiger partial charge in [0.25, 0.3) is 0 Å². The van der Waals surface area contributed by atoms with Crippen LogP contribution in [-0.4, -0.2) is 5.38 Å². The zero-order valence-corrected chi connectivity index (χ0v) is 5.07. The van der Waals surface area contributed by atoms with E-state index in [2.05, 4.69) is 0 Å². The maximum absolute atomic E-state index is 8.08. The molecule has 2 heteroatoms. The van der Waals surface area contributed by atoms with Crippen LogP contribution < -0.4 is 0 Å². The van der Waals surface area contributed by atoms with Crippen LogP contribution in [0.4, 0.5) is 0 Å². The molecule has 1 nitrogen and oxygen atoms in total. The number of halogens is 1. The Kier molecular flexibility index (Phi) is 3.83. The number of hydrogen-bond acceptors (Lipinski definition) is 1. The molecule has 1 unspecified atom stereocenters. The Hall–Kier alpha value is -0.220. The summed E-state index contributed by atoms with van der Waals surface area (Å²) in [5.74, 6) is 0. The van der Waals surface area contributed by atoms with Gasteiger partial charge in [-0.05, 0) is 6.42 Å². The van der Waals surface area contributed by atoms with Crippen LogP contribution in [0.1, 0.15) is 19.8 Å². The van der Waals surface area contributed by atoms with E-state index in [1.54, 1.807) is 0 Å². The van der Waals surface area contributed by atoms with E-state index in [-0.39, 0.29) is 5.38 Å². The fraction of sp³-hybridized carbons (Fsp3) is 0.800. The van der Waals surface area contributed by atoms with Crippen molar-refractivity contribution < 1.29 is 0 Å². The average Bonchev–Trinajstić information content (AvgIpc) is 1.68. The topological polar surface area (TPSA) is 23.8 Å². The van der Waals surface area contributed by atoms with Crippen molar-refractivity contribution in [2.45, 2.75) is 25.1 Å². The number of nitriles is 1. The smallest absolute Gasteiger partial charge is 0.120 e. The number of hydrogen-bond donors (Lipinski definition) is 0. The molecule has 0 bridgehead atoms. The second kappa shape index (κ2) is 3.95.